The lowest BCUT2D eigenvalue weighted by Gasteiger charge is -2.30. The Balaban J connectivity index is 1.94. The van der Waals surface area contributed by atoms with Crippen LogP contribution in [0.1, 0.15) is 12.8 Å². The average molecular weight is 264 g/mol. The van der Waals surface area contributed by atoms with Crippen molar-refractivity contribution in [2.45, 2.75) is 12.8 Å². The van der Waals surface area contributed by atoms with Crippen LogP contribution in [0.3, 0.4) is 0 Å². The smallest absolute Gasteiger partial charge is 0.271 e. The van der Waals surface area contributed by atoms with Crippen LogP contribution in [-0.2, 0) is 0 Å². The summed E-state index contributed by atoms with van der Waals surface area (Å²) in [6, 6.07) is 4.56. The quantitative estimate of drug-likeness (QED) is 0.493. The van der Waals surface area contributed by atoms with Crippen molar-refractivity contribution in [1.82, 2.24) is 4.90 Å². The molecule has 1 unspecified atom stereocenters. The third-order valence-corrected chi connectivity index (χ3v) is 3.55. The van der Waals surface area contributed by atoms with E-state index in [9.17, 15) is 10.1 Å². The molecule has 1 aliphatic heterocycles. The molecule has 1 saturated heterocycles. The Hall–Kier alpha value is -1.82. The minimum atomic E-state index is -0.434. The maximum Gasteiger partial charge on any atom is 0.271 e. The van der Waals surface area contributed by atoms with Crippen LogP contribution in [0.5, 0.6) is 0 Å². The molecule has 1 heterocycles. The van der Waals surface area contributed by atoms with E-state index in [1.54, 1.807) is 6.07 Å². The number of hydrogen-bond donors (Lipinski definition) is 2. The second-order valence-corrected chi connectivity index (χ2v) is 5.18. The van der Waals surface area contributed by atoms with Gasteiger partial charge in [0.05, 0.1) is 16.3 Å². The van der Waals surface area contributed by atoms with Crippen molar-refractivity contribution in [3.8, 4) is 0 Å². The van der Waals surface area contributed by atoms with E-state index in [0.717, 1.165) is 25.3 Å². The number of anilines is 2. The molecule has 2 rings (SSSR count). The van der Waals surface area contributed by atoms with E-state index in [4.69, 9.17) is 5.73 Å². The van der Waals surface area contributed by atoms with Gasteiger partial charge in [-0.25, -0.2) is 0 Å². The third-order valence-electron chi connectivity index (χ3n) is 3.55. The van der Waals surface area contributed by atoms with Crippen molar-refractivity contribution in [2.24, 2.45) is 5.92 Å². The third kappa shape index (κ3) is 3.57. The SMILES string of the molecule is CN1CCCC(CNc2ccc([N+](=O)[O-])cc2N)C1. The Bertz CT molecular complexity index is 464. The van der Waals surface area contributed by atoms with E-state index in [2.05, 4.69) is 17.3 Å². The number of nitrogens with zero attached hydrogens (tertiary/aromatic N) is 2. The van der Waals surface area contributed by atoms with Gasteiger partial charge in [0.1, 0.15) is 0 Å². The van der Waals surface area contributed by atoms with Crippen LogP contribution in [0.2, 0.25) is 0 Å². The van der Waals surface area contributed by atoms with Gasteiger partial charge < -0.3 is 16.0 Å². The summed E-state index contributed by atoms with van der Waals surface area (Å²) in [7, 11) is 2.13. The molecule has 104 valence electrons. The molecule has 0 amide bonds. The number of rotatable bonds is 4. The summed E-state index contributed by atoms with van der Waals surface area (Å²) < 4.78 is 0. The van der Waals surface area contributed by atoms with Gasteiger partial charge in [-0.2, -0.15) is 0 Å². The number of piperidine rings is 1. The van der Waals surface area contributed by atoms with Crippen molar-refractivity contribution in [2.75, 3.05) is 37.7 Å². The van der Waals surface area contributed by atoms with Gasteiger partial charge in [-0.3, -0.25) is 10.1 Å². The van der Waals surface area contributed by atoms with Crippen LogP contribution in [0.15, 0.2) is 18.2 Å². The lowest BCUT2D eigenvalue weighted by molar-refractivity contribution is -0.384. The normalized spacial score (nSPS) is 20.2. The number of nitro benzene ring substituents is 1. The molecule has 1 atom stereocenters. The molecule has 0 aliphatic carbocycles. The first kappa shape index (κ1) is 13.6. The first-order chi connectivity index (χ1) is 9.06. The molecule has 19 heavy (non-hydrogen) atoms. The fraction of sp³-hybridized carbons (Fsp3) is 0.538. The van der Waals surface area contributed by atoms with Gasteiger partial charge in [0, 0.05) is 25.2 Å². The van der Waals surface area contributed by atoms with E-state index >= 15 is 0 Å². The molecule has 6 nitrogen and oxygen atoms in total. The molecule has 1 fully saturated rings. The Kier molecular flexibility index (Phi) is 4.21. The molecule has 1 aromatic carbocycles. The topological polar surface area (TPSA) is 84.4 Å². The molecule has 0 saturated carbocycles. The summed E-state index contributed by atoms with van der Waals surface area (Å²) in [5, 5.41) is 13.9. The van der Waals surface area contributed by atoms with E-state index in [1.807, 2.05) is 0 Å². The number of hydrogen-bond acceptors (Lipinski definition) is 5. The molecule has 0 aromatic heterocycles. The molecular weight excluding hydrogens is 244 g/mol. The predicted molar refractivity (Wildman–Crippen MR) is 76.2 cm³/mol. The summed E-state index contributed by atoms with van der Waals surface area (Å²) in [6.45, 7) is 3.10. The number of nitrogens with one attached hydrogen (secondary N) is 1. The van der Waals surface area contributed by atoms with Gasteiger partial charge in [-0.15, -0.1) is 0 Å². The highest BCUT2D eigenvalue weighted by Crippen LogP contribution is 2.25. The number of nitrogen functional groups attached to an aromatic ring is 1. The molecule has 6 heteroatoms. The minimum Gasteiger partial charge on any atom is -0.397 e. The predicted octanol–water partition coefficient (Wildman–Crippen LogP) is 1.93. The zero-order valence-corrected chi connectivity index (χ0v) is 11.1. The Labute approximate surface area is 112 Å². The second-order valence-electron chi connectivity index (χ2n) is 5.18. The zero-order valence-electron chi connectivity index (χ0n) is 11.1. The zero-order chi connectivity index (χ0) is 13.8. The summed E-state index contributed by atoms with van der Waals surface area (Å²) in [5.41, 5.74) is 7.06. The summed E-state index contributed by atoms with van der Waals surface area (Å²) in [4.78, 5) is 12.5. The van der Waals surface area contributed by atoms with Crippen LogP contribution in [0.4, 0.5) is 17.1 Å². The van der Waals surface area contributed by atoms with Crippen molar-refractivity contribution < 1.29 is 4.92 Å². The number of nitrogens with two attached hydrogens (primary N) is 1. The average Bonchev–Trinajstić information content (AvgIpc) is 2.37. The fourth-order valence-corrected chi connectivity index (χ4v) is 2.52. The van der Waals surface area contributed by atoms with E-state index in [1.165, 1.54) is 25.0 Å². The second kappa shape index (κ2) is 5.88. The monoisotopic (exact) mass is 264 g/mol. The maximum absolute atomic E-state index is 10.6. The van der Waals surface area contributed by atoms with Gasteiger partial charge >= 0.3 is 0 Å². The number of nitro groups is 1. The standard InChI is InChI=1S/C13H20N4O2/c1-16-6-2-3-10(9-16)8-15-13-5-4-11(17(18)19)7-12(13)14/h4-5,7,10,15H,2-3,6,8-9,14H2,1H3. The van der Waals surface area contributed by atoms with Gasteiger partial charge in [-0.1, -0.05) is 0 Å². The Morgan fingerprint density at radius 2 is 2.37 bits per heavy atom. The molecule has 0 bridgehead atoms. The number of benzene rings is 1. The number of likely N-dealkylation sites (tertiary alicyclic amines) is 1. The van der Waals surface area contributed by atoms with E-state index < -0.39 is 4.92 Å². The van der Waals surface area contributed by atoms with Gasteiger partial charge in [0.15, 0.2) is 0 Å². The molecule has 1 aliphatic rings. The molecule has 0 radical (unpaired) electrons. The summed E-state index contributed by atoms with van der Waals surface area (Å²) in [5.74, 6) is 0.605. The van der Waals surface area contributed by atoms with E-state index in [0.29, 0.717) is 11.6 Å². The van der Waals surface area contributed by atoms with E-state index in [-0.39, 0.29) is 5.69 Å². The lowest BCUT2D eigenvalue weighted by Crippen LogP contribution is -2.35. The highest BCUT2D eigenvalue weighted by molar-refractivity contribution is 5.69. The lowest BCUT2D eigenvalue weighted by atomic mass is 9.98. The van der Waals surface area contributed by atoms with Crippen LogP contribution in [0, 0.1) is 16.0 Å². The van der Waals surface area contributed by atoms with Crippen LogP contribution >= 0.6 is 0 Å². The summed E-state index contributed by atoms with van der Waals surface area (Å²) >= 11 is 0. The van der Waals surface area contributed by atoms with Crippen molar-refractivity contribution >= 4 is 17.1 Å². The Morgan fingerprint density at radius 1 is 1.58 bits per heavy atom. The highest BCUT2D eigenvalue weighted by Gasteiger charge is 2.17. The maximum atomic E-state index is 10.6. The van der Waals surface area contributed by atoms with Crippen LogP contribution < -0.4 is 11.1 Å². The van der Waals surface area contributed by atoms with Crippen molar-refractivity contribution in [1.29, 1.82) is 0 Å². The van der Waals surface area contributed by atoms with Gasteiger partial charge in [-0.05, 0) is 38.4 Å². The molecule has 1 aromatic rings. The fourth-order valence-electron chi connectivity index (χ4n) is 2.52. The highest BCUT2D eigenvalue weighted by atomic mass is 16.6. The van der Waals surface area contributed by atoms with Crippen molar-refractivity contribution in [3.05, 3.63) is 28.3 Å². The van der Waals surface area contributed by atoms with Crippen LogP contribution in [-0.4, -0.2) is 36.5 Å². The van der Waals surface area contributed by atoms with Gasteiger partial charge in [0.2, 0.25) is 0 Å². The first-order valence-electron chi connectivity index (χ1n) is 6.52. The van der Waals surface area contributed by atoms with Crippen LogP contribution in [0.25, 0.3) is 0 Å². The molecular formula is C13H20N4O2. The molecule has 3 N–H and O–H groups in total. The van der Waals surface area contributed by atoms with Crippen molar-refractivity contribution in [3.63, 3.8) is 0 Å². The molecule has 0 spiro atoms. The largest absolute Gasteiger partial charge is 0.397 e. The number of non-ortho nitro benzene ring substituents is 1. The first-order valence-corrected chi connectivity index (χ1v) is 6.52. The Morgan fingerprint density at radius 3 is 3.00 bits per heavy atom. The minimum absolute atomic E-state index is 0.0282. The van der Waals surface area contributed by atoms with Gasteiger partial charge in [0.25, 0.3) is 5.69 Å². The summed E-state index contributed by atoms with van der Waals surface area (Å²) in [6.07, 6.45) is 2.43.